The highest BCUT2D eigenvalue weighted by atomic mass is 16.5. The molecular formula is C16H19NO2. The van der Waals surface area contributed by atoms with Gasteiger partial charge in [0.2, 0.25) is 0 Å². The van der Waals surface area contributed by atoms with Crippen molar-refractivity contribution in [3.8, 4) is 0 Å². The first-order valence-corrected chi connectivity index (χ1v) is 6.91. The first-order valence-electron chi connectivity index (χ1n) is 6.91. The molecule has 0 spiro atoms. The van der Waals surface area contributed by atoms with Gasteiger partial charge in [0.1, 0.15) is 0 Å². The van der Waals surface area contributed by atoms with Crippen molar-refractivity contribution in [3.05, 3.63) is 41.5 Å². The summed E-state index contributed by atoms with van der Waals surface area (Å²) in [6.45, 7) is 7.07. The number of rotatable bonds is 3. The van der Waals surface area contributed by atoms with Crippen molar-refractivity contribution < 1.29 is 9.53 Å². The van der Waals surface area contributed by atoms with Crippen LogP contribution in [0.4, 0.5) is 0 Å². The van der Waals surface area contributed by atoms with Gasteiger partial charge in [-0.1, -0.05) is 24.8 Å². The molecule has 0 atom stereocenters. The zero-order valence-electron chi connectivity index (χ0n) is 11.1. The van der Waals surface area contributed by atoms with Crippen molar-refractivity contribution in [1.29, 1.82) is 0 Å². The third kappa shape index (κ3) is 2.30. The van der Waals surface area contributed by atoms with Crippen molar-refractivity contribution in [1.82, 2.24) is 4.90 Å². The maximum absolute atomic E-state index is 12.4. The number of carbonyl (C=O) groups is 1. The van der Waals surface area contributed by atoms with Gasteiger partial charge in [-0.05, 0) is 36.0 Å². The molecular weight excluding hydrogens is 238 g/mol. The molecule has 0 unspecified atom stereocenters. The van der Waals surface area contributed by atoms with Gasteiger partial charge in [-0.25, -0.2) is 0 Å². The Hall–Kier alpha value is -1.61. The van der Waals surface area contributed by atoms with E-state index in [0.717, 1.165) is 55.8 Å². The van der Waals surface area contributed by atoms with E-state index in [0.29, 0.717) is 5.92 Å². The van der Waals surface area contributed by atoms with Gasteiger partial charge < -0.3 is 9.64 Å². The van der Waals surface area contributed by atoms with Crippen LogP contribution in [-0.4, -0.2) is 30.6 Å². The minimum atomic E-state index is 0.171. The zero-order chi connectivity index (χ0) is 13.2. The van der Waals surface area contributed by atoms with Crippen LogP contribution in [0.1, 0.15) is 34.3 Å². The lowest BCUT2D eigenvalue weighted by atomic mass is 10.00. The minimum absolute atomic E-state index is 0.171. The Morgan fingerprint density at radius 2 is 2.16 bits per heavy atom. The van der Waals surface area contributed by atoms with Crippen molar-refractivity contribution in [2.45, 2.75) is 19.4 Å². The van der Waals surface area contributed by atoms with Gasteiger partial charge in [0.25, 0.3) is 5.91 Å². The molecule has 3 heteroatoms. The molecule has 0 aliphatic carbocycles. The Balaban J connectivity index is 1.77. The Labute approximate surface area is 113 Å². The summed E-state index contributed by atoms with van der Waals surface area (Å²) in [7, 11) is 0. The lowest BCUT2D eigenvalue weighted by Crippen LogP contribution is -2.32. The van der Waals surface area contributed by atoms with Crippen molar-refractivity contribution >= 4 is 12.0 Å². The van der Waals surface area contributed by atoms with Crippen LogP contribution in [0, 0.1) is 5.92 Å². The first kappa shape index (κ1) is 12.4. The van der Waals surface area contributed by atoms with E-state index in [1.807, 2.05) is 29.2 Å². The standard InChI is InChI=1S/C16H19NO2/c1-2-13-4-3-5-14-15(13)11-17(16(14)18)10-12-6-8-19-9-7-12/h2-5,12H,1,6-11H2. The van der Waals surface area contributed by atoms with E-state index in [1.54, 1.807) is 0 Å². The van der Waals surface area contributed by atoms with Gasteiger partial charge in [0, 0.05) is 31.9 Å². The number of ether oxygens (including phenoxy) is 1. The van der Waals surface area contributed by atoms with Gasteiger partial charge in [0.15, 0.2) is 0 Å². The summed E-state index contributed by atoms with van der Waals surface area (Å²) in [5.74, 6) is 0.754. The predicted octanol–water partition coefficient (Wildman–Crippen LogP) is 2.71. The van der Waals surface area contributed by atoms with E-state index in [9.17, 15) is 4.79 Å². The Kier molecular flexibility index (Phi) is 3.38. The lowest BCUT2D eigenvalue weighted by Gasteiger charge is -2.26. The molecule has 1 amide bonds. The summed E-state index contributed by atoms with van der Waals surface area (Å²) in [4.78, 5) is 14.4. The lowest BCUT2D eigenvalue weighted by molar-refractivity contribution is 0.0469. The maximum atomic E-state index is 12.4. The summed E-state index contributed by atoms with van der Waals surface area (Å²) >= 11 is 0. The molecule has 2 aliphatic rings. The van der Waals surface area contributed by atoms with E-state index in [2.05, 4.69) is 6.58 Å². The first-order chi connectivity index (χ1) is 9.29. The molecule has 0 radical (unpaired) electrons. The second-order valence-electron chi connectivity index (χ2n) is 5.32. The Morgan fingerprint density at radius 3 is 2.89 bits per heavy atom. The largest absolute Gasteiger partial charge is 0.381 e. The molecule has 0 saturated carbocycles. The van der Waals surface area contributed by atoms with Crippen LogP contribution in [0.25, 0.3) is 6.08 Å². The number of fused-ring (bicyclic) bond motifs is 1. The second kappa shape index (κ2) is 5.17. The molecule has 1 aromatic carbocycles. The van der Waals surface area contributed by atoms with Crippen molar-refractivity contribution in [3.63, 3.8) is 0 Å². The minimum Gasteiger partial charge on any atom is -0.381 e. The molecule has 3 rings (SSSR count). The van der Waals surface area contributed by atoms with Gasteiger partial charge in [-0.3, -0.25) is 4.79 Å². The van der Waals surface area contributed by atoms with E-state index in [-0.39, 0.29) is 5.91 Å². The molecule has 0 N–H and O–H groups in total. The van der Waals surface area contributed by atoms with E-state index >= 15 is 0 Å². The van der Waals surface area contributed by atoms with Crippen LogP contribution >= 0.6 is 0 Å². The molecule has 1 aromatic rings. The summed E-state index contributed by atoms with van der Waals surface area (Å²) in [6, 6.07) is 5.89. The number of carbonyl (C=O) groups excluding carboxylic acids is 1. The van der Waals surface area contributed by atoms with Gasteiger partial charge in [-0.2, -0.15) is 0 Å². The quantitative estimate of drug-likeness (QED) is 0.833. The number of amides is 1. The van der Waals surface area contributed by atoms with Crippen molar-refractivity contribution in [2.75, 3.05) is 19.8 Å². The fourth-order valence-electron chi connectivity index (χ4n) is 2.99. The number of hydrogen-bond donors (Lipinski definition) is 0. The van der Waals surface area contributed by atoms with Crippen LogP contribution in [-0.2, 0) is 11.3 Å². The summed E-state index contributed by atoms with van der Waals surface area (Å²) in [6.07, 6.45) is 3.97. The Bertz CT molecular complexity index is 503. The highest BCUT2D eigenvalue weighted by Gasteiger charge is 2.30. The fourth-order valence-corrected chi connectivity index (χ4v) is 2.99. The third-order valence-corrected chi connectivity index (χ3v) is 4.12. The summed E-state index contributed by atoms with van der Waals surface area (Å²) < 4.78 is 5.37. The zero-order valence-corrected chi connectivity index (χ0v) is 11.1. The maximum Gasteiger partial charge on any atom is 0.254 e. The van der Waals surface area contributed by atoms with Gasteiger partial charge >= 0.3 is 0 Å². The summed E-state index contributed by atoms with van der Waals surface area (Å²) in [5, 5.41) is 0. The number of hydrogen-bond acceptors (Lipinski definition) is 2. The van der Waals surface area contributed by atoms with Crippen LogP contribution in [0.2, 0.25) is 0 Å². The highest BCUT2D eigenvalue weighted by Crippen LogP contribution is 2.28. The van der Waals surface area contributed by atoms with Crippen molar-refractivity contribution in [2.24, 2.45) is 5.92 Å². The average Bonchev–Trinajstić information content (AvgIpc) is 2.77. The Morgan fingerprint density at radius 1 is 1.37 bits per heavy atom. The molecule has 2 heterocycles. The third-order valence-electron chi connectivity index (χ3n) is 4.12. The van der Waals surface area contributed by atoms with Crippen LogP contribution in [0.3, 0.4) is 0 Å². The van der Waals surface area contributed by atoms with E-state index < -0.39 is 0 Å². The number of nitrogens with zero attached hydrogens (tertiary/aromatic N) is 1. The molecule has 0 aromatic heterocycles. The topological polar surface area (TPSA) is 29.5 Å². The molecule has 3 nitrogen and oxygen atoms in total. The van der Waals surface area contributed by atoms with Gasteiger partial charge in [0.05, 0.1) is 0 Å². The molecule has 19 heavy (non-hydrogen) atoms. The molecule has 0 bridgehead atoms. The molecule has 2 aliphatic heterocycles. The molecule has 1 saturated heterocycles. The normalized spacial score (nSPS) is 19.6. The summed E-state index contributed by atoms with van der Waals surface area (Å²) in [5.41, 5.74) is 3.07. The van der Waals surface area contributed by atoms with Gasteiger partial charge in [-0.15, -0.1) is 0 Å². The highest BCUT2D eigenvalue weighted by molar-refractivity contribution is 5.99. The SMILES string of the molecule is C=Cc1cccc2c1CN(CC1CCOCC1)C2=O. The van der Waals surface area contributed by atoms with Crippen LogP contribution in [0.5, 0.6) is 0 Å². The van der Waals surface area contributed by atoms with Crippen LogP contribution in [0.15, 0.2) is 24.8 Å². The monoisotopic (exact) mass is 257 g/mol. The average molecular weight is 257 g/mol. The smallest absolute Gasteiger partial charge is 0.254 e. The predicted molar refractivity (Wildman–Crippen MR) is 74.8 cm³/mol. The second-order valence-corrected chi connectivity index (χ2v) is 5.32. The molecule has 100 valence electrons. The van der Waals surface area contributed by atoms with E-state index in [4.69, 9.17) is 4.74 Å². The fraction of sp³-hybridized carbons (Fsp3) is 0.438. The van der Waals surface area contributed by atoms with Crippen LogP contribution < -0.4 is 0 Å². The number of benzene rings is 1. The molecule has 1 fully saturated rings. The van der Waals surface area contributed by atoms with E-state index in [1.165, 1.54) is 0 Å².